The van der Waals surface area contributed by atoms with Crippen LogP contribution in [0.25, 0.3) is 11.1 Å². The van der Waals surface area contributed by atoms with Crippen LogP contribution in [0.5, 0.6) is 0 Å². The summed E-state index contributed by atoms with van der Waals surface area (Å²) < 4.78 is 0. The molecule has 0 atom stereocenters. The van der Waals surface area contributed by atoms with Crippen molar-refractivity contribution in [3.05, 3.63) is 48.5 Å². The molecule has 0 bridgehead atoms. The quantitative estimate of drug-likeness (QED) is 0.773. The Morgan fingerprint density at radius 1 is 1.07 bits per heavy atom. The zero-order valence-electron chi connectivity index (χ0n) is 7.72. The molecule has 3 nitrogen and oxygen atoms in total. The van der Waals surface area contributed by atoms with Crippen LogP contribution < -0.4 is 5.73 Å². The Morgan fingerprint density at radius 2 is 1.86 bits per heavy atom. The highest BCUT2D eigenvalue weighted by atomic mass is 14.7. The third kappa shape index (κ3) is 1.63. The zero-order chi connectivity index (χ0) is 9.80. The molecule has 0 saturated carbocycles. The molecule has 2 N–H and O–H groups in total. The van der Waals surface area contributed by atoms with Gasteiger partial charge in [-0.15, -0.1) is 0 Å². The summed E-state index contributed by atoms with van der Waals surface area (Å²) in [5, 5.41) is 0. The zero-order valence-corrected chi connectivity index (χ0v) is 7.72. The molecular formula is C11H11N3. The molecule has 0 aliphatic heterocycles. The highest BCUT2D eigenvalue weighted by molar-refractivity contribution is 5.64. The Morgan fingerprint density at radius 3 is 2.57 bits per heavy atom. The molecule has 2 aromatic rings. The van der Waals surface area contributed by atoms with Gasteiger partial charge in [0, 0.05) is 30.7 Å². The fourth-order valence-electron chi connectivity index (χ4n) is 1.39. The number of aromatic nitrogens is 2. The average molecular weight is 185 g/mol. The Balaban J connectivity index is 2.51. The van der Waals surface area contributed by atoms with Gasteiger partial charge in [0.25, 0.3) is 0 Å². The molecule has 0 aliphatic carbocycles. The smallest absolute Gasteiger partial charge is 0.0617 e. The van der Waals surface area contributed by atoms with Gasteiger partial charge in [-0.1, -0.05) is 6.07 Å². The largest absolute Gasteiger partial charge is 0.325 e. The highest BCUT2D eigenvalue weighted by Gasteiger charge is 2.02. The van der Waals surface area contributed by atoms with Gasteiger partial charge in [-0.25, -0.2) is 0 Å². The minimum absolute atomic E-state index is 0.457. The fraction of sp³-hybridized carbons (Fsp3) is 0.0909. The number of pyridine rings is 2. The lowest BCUT2D eigenvalue weighted by atomic mass is 10.1. The summed E-state index contributed by atoms with van der Waals surface area (Å²) in [5.74, 6) is 0. The van der Waals surface area contributed by atoms with Crippen LogP contribution in [-0.2, 0) is 6.54 Å². The second kappa shape index (κ2) is 3.98. The standard InChI is InChI=1S/C11H11N3/c12-8-11-10(2-1-5-14-11)9-3-6-13-7-4-9/h1-7H,8,12H2. The van der Waals surface area contributed by atoms with Crippen LogP contribution in [0.2, 0.25) is 0 Å². The molecular weight excluding hydrogens is 174 g/mol. The lowest BCUT2D eigenvalue weighted by molar-refractivity contribution is 0.994. The van der Waals surface area contributed by atoms with Crippen molar-refractivity contribution >= 4 is 0 Å². The van der Waals surface area contributed by atoms with Crippen molar-refractivity contribution in [1.82, 2.24) is 9.97 Å². The number of rotatable bonds is 2. The molecule has 0 aromatic carbocycles. The van der Waals surface area contributed by atoms with Crippen molar-refractivity contribution in [2.75, 3.05) is 0 Å². The van der Waals surface area contributed by atoms with Gasteiger partial charge in [0.2, 0.25) is 0 Å². The summed E-state index contributed by atoms with van der Waals surface area (Å²) in [6, 6.07) is 7.84. The van der Waals surface area contributed by atoms with Crippen molar-refractivity contribution in [3.8, 4) is 11.1 Å². The van der Waals surface area contributed by atoms with Crippen LogP contribution in [0.4, 0.5) is 0 Å². The molecule has 0 saturated heterocycles. The van der Waals surface area contributed by atoms with E-state index in [-0.39, 0.29) is 0 Å². The fourth-order valence-corrected chi connectivity index (χ4v) is 1.39. The van der Waals surface area contributed by atoms with Gasteiger partial charge >= 0.3 is 0 Å². The maximum Gasteiger partial charge on any atom is 0.0617 e. The molecule has 0 unspecified atom stereocenters. The number of hydrogen-bond donors (Lipinski definition) is 1. The van der Waals surface area contributed by atoms with Gasteiger partial charge in [0.1, 0.15) is 0 Å². The van der Waals surface area contributed by atoms with Crippen LogP contribution in [0, 0.1) is 0 Å². The molecule has 70 valence electrons. The summed E-state index contributed by atoms with van der Waals surface area (Å²) in [6.07, 6.45) is 5.29. The van der Waals surface area contributed by atoms with Gasteiger partial charge in [-0.2, -0.15) is 0 Å². The number of nitrogens with zero attached hydrogens (tertiary/aromatic N) is 2. The minimum Gasteiger partial charge on any atom is -0.325 e. The monoisotopic (exact) mass is 185 g/mol. The summed E-state index contributed by atoms with van der Waals surface area (Å²) >= 11 is 0. The maximum absolute atomic E-state index is 5.61. The van der Waals surface area contributed by atoms with Crippen LogP contribution in [0.15, 0.2) is 42.9 Å². The first-order valence-corrected chi connectivity index (χ1v) is 4.46. The van der Waals surface area contributed by atoms with E-state index in [1.807, 2.05) is 24.3 Å². The Hall–Kier alpha value is -1.74. The van der Waals surface area contributed by atoms with Gasteiger partial charge in [0.05, 0.1) is 5.69 Å². The lowest BCUT2D eigenvalue weighted by Gasteiger charge is -2.05. The molecule has 3 heteroatoms. The molecule has 0 fully saturated rings. The van der Waals surface area contributed by atoms with Gasteiger partial charge < -0.3 is 5.73 Å². The predicted molar refractivity (Wildman–Crippen MR) is 55.4 cm³/mol. The first-order valence-electron chi connectivity index (χ1n) is 4.46. The predicted octanol–water partition coefficient (Wildman–Crippen LogP) is 1.60. The minimum atomic E-state index is 0.457. The van der Waals surface area contributed by atoms with E-state index in [2.05, 4.69) is 9.97 Å². The van der Waals surface area contributed by atoms with Crippen molar-refractivity contribution in [2.45, 2.75) is 6.54 Å². The summed E-state index contributed by atoms with van der Waals surface area (Å²) in [4.78, 5) is 8.20. The second-order valence-electron chi connectivity index (χ2n) is 2.94. The topological polar surface area (TPSA) is 51.8 Å². The molecule has 2 rings (SSSR count). The SMILES string of the molecule is NCc1ncccc1-c1ccncc1. The molecule has 2 aromatic heterocycles. The van der Waals surface area contributed by atoms with E-state index >= 15 is 0 Å². The molecule has 14 heavy (non-hydrogen) atoms. The van der Waals surface area contributed by atoms with E-state index in [9.17, 15) is 0 Å². The average Bonchev–Trinajstić information content (AvgIpc) is 2.30. The van der Waals surface area contributed by atoms with Crippen LogP contribution in [0.1, 0.15) is 5.69 Å². The molecule has 2 heterocycles. The van der Waals surface area contributed by atoms with Gasteiger partial charge in [-0.05, 0) is 23.8 Å². The summed E-state index contributed by atoms with van der Waals surface area (Å²) in [7, 11) is 0. The molecule has 0 spiro atoms. The summed E-state index contributed by atoms with van der Waals surface area (Å²) in [6.45, 7) is 0.457. The molecule has 0 amide bonds. The van der Waals surface area contributed by atoms with E-state index in [0.29, 0.717) is 6.54 Å². The summed E-state index contributed by atoms with van der Waals surface area (Å²) in [5.41, 5.74) is 8.71. The third-order valence-corrected chi connectivity index (χ3v) is 2.07. The molecule has 0 radical (unpaired) electrons. The van der Waals surface area contributed by atoms with E-state index in [0.717, 1.165) is 16.8 Å². The first kappa shape index (κ1) is 8.84. The van der Waals surface area contributed by atoms with E-state index in [1.165, 1.54) is 0 Å². The third-order valence-electron chi connectivity index (χ3n) is 2.07. The van der Waals surface area contributed by atoms with Gasteiger partial charge in [-0.3, -0.25) is 9.97 Å². The van der Waals surface area contributed by atoms with Crippen LogP contribution in [-0.4, -0.2) is 9.97 Å². The first-order chi connectivity index (χ1) is 6.92. The van der Waals surface area contributed by atoms with Crippen molar-refractivity contribution < 1.29 is 0 Å². The van der Waals surface area contributed by atoms with Crippen molar-refractivity contribution in [3.63, 3.8) is 0 Å². The highest BCUT2D eigenvalue weighted by Crippen LogP contribution is 2.20. The molecule has 0 aliphatic rings. The Labute approximate surface area is 82.6 Å². The maximum atomic E-state index is 5.61. The van der Waals surface area contributed by atoms with E-state index < -0.39 is 0 Å². The van der Waals surface area contributed by atoms with Crippen molar-refractivity contribution in [1.29, 1.82) is 0 Å². The van der Waals surface area contributed by atoms with E-state index in [4.69, 9.17) is 5.73 Å². The Kier molecular flexibility index (Phi) is 2.51. The number of hydrogen-bond acceptors (Lipinski definition) is 3. The van der Waals surface area contributed by atoms with Crippen molar-refractivity contribution in [2.24, 2.45) is 5.73 Å². The Bertz CT molecular complexity index is 412. The lowest BCUT2D eigenvalue weighted by Crippen LogP contribution is -2.01. The van der Waals surface area contributed by atoms with Gasteiger partial charge in [0.15, 0.2) is 0 Å². The second-order valence-corrected chi connectivity index (χ2v) is 2.94. The van der Waals surface area contributed by atoms with Crippen LogP contribution >= 0.6 is 0 Å². The number of nitrogens with two attached hydrogens (primary N) is 1. The van der Waals surface area contributed by atoms with Crippen LogP contribution in [0.3, 0.4) is 0 Å². The normalized spacial score (nSPS) is 10.1. The van der Waals surface area contributed by atoms with E-state index in [1.54, 1.807) is 18.6 Å².